The minimum Gasteiger partial charge on any atom is -0.504 e. The number of imide groups is 2. The molecule has 0 bridgehead atoms. The predicted molar refractivity (Wildman–Crippen MR) is 111 cm³/mol. The number of thiophene rings is 1. The predicted octanol–water partition coefficient (Wildman–Crippen LogP) is 2.03. The molecule has 13 heteroatoms. The van der Waals surface area contributed by atoms with E-state index in [0.717, 1.165) is 29.3 Å². The molecule has 0 atom stereocenters. The van der Waals surface area contributed by atoms with Crippen molar-refractivity contribution < 1.29 is 32.6 Å². The fourth-order valence-corrected chi connectivity index (χ4v) is 5.40. The second-order valence-corrected chi connectivity index (χ2v) is 9.38. The first-order valence-electron chi connectivity index (χ1n) is 8.10. The van der Waals surface area contributed by atoms with Crippen molar-refractivity contribution in [3.8, 4) is 11.5 Å². The summed E-state index contributed by atoms with van der Waals surface area (Å²) in [5, 5.41) is 14.0. The SMILES string of the molecule is COc1cc(NS(=O)(=O)c2cccs2)c(SC)c(C=CN2C(=O)NC(=O)C2=O)c1O. The number of sulfonamides is 1. The van der Waals surface area contributed by atoms with Crippen LogP contribution in [-0.4, -0.2) is 49.6 Å². The molecule has 30 heavy (non-hydrogen) atoms. The third-order valence-corrected chi connectivity index (χ3v) is 7.54. The summed E-state index contributed by atoms with van der Waals surface area (Å²) in [6, 6.07) is 3.42. The highest BCUT2D eigenvalue weighted by Gasteiger charge is 2.35. The molecule has 0 aliphatic carbocycles. The molecule has 3 N–H and O–H groups in total. The number of benzene rings is 1. The zero-order chi connectivity index (χ0) is 22.1. The van der Waals surface area contributed by atoms with Gasteiger partial charge in [-0.1, -0.05) is 6.07 Å². The topological polar surface area (TPSA) is 142 Å². The first kappa shape index (κ1) is 21.7. The molecule has 1 aromatic carbocycles. The van der Waals surface area contributed by atoms with Crippen LogP contribution in [0.5, 0.6) is 11.5 Å². The van der Waals surface area contributed by atoms with Crippen LogP contribution in [0, 0.1) is 0 Å². The van der Waals surface area contributed by atoms with Gasteiger partial charge >= 0.3 is 17.8 Å². The molecule has 1 aliphatic heterocycles. The number of rotatable bonds is 7. The highest BCUT2D eigenvalue weighted by Crippen LogP contribution is 2.43. The molecule has 2 aromatic rings. The standard InChI is InChI=1S/C17H15N3O7S3/c1-27-11-8-10(19-30(25,26)12-4-3-7-29-12)14(28-2)9(13(11)21)5-6-20-16(23)15(22)18-17(20)24/h3-8,19,21H,1-2H3,(H,18,22,24). The minimum atomic E-state index is -3.89. The van der Waals surface area contributed by atoms with Gasteiger partial charge in [-0.25, -0.2) is 18.1 Å². The second kappa shape index (κ2) is 8.38. The number of anilines is 1. The van der Waals surface area contributed by atoms with Crippen LogP contribution in [0.4, 0.5) is 10.5 Å². The van der Waals surface area contributed by atoms with Crippen LogP contribution in [0.3, 0.4) is 0 Å². The maximum absolute atomic E-state index is 12.6. The zero-order valence-electron chi connectivity index (χ0n) is 15.5. The lowest BCUT2D eigenvalue weighted by atomic mass is 10.1. The molecule has 0 saturated carbocycles. The molecule has 158 valence electrons. The number of amides is 4. The van der Waals surface area contributed by atoms with Gasteiger partial charge in [0, 0.05) is 22.7 Å². The Morgan fingerprint density at radius 3 is 2.60 bits per heavy atom. The van der Waals surface area contributed by atoms with Crippen molar-refractivity contribution >= 4 is 62.7 Å². The van der Waals surface area contributed by atoms with Gasteiger partial charge in [0.1, 0.15) is 4.21 Å². The number of phenolic OH excluding ortho intramolecular Hbond substituents is 1. The van der Waals surface area contributed by atoms with E-state index in [0.29, 0.717) is 9.80 Å². The summed E-state index contributed by atoms with van der Waals surface area (Å²) >= 11 is 2.15. The van der Waals surface area contributed by atoms with Crippen LogP contribution in [0.25, 0.3) is 6.08 Å². The van der Waals surface area contributed by atoms with Crippen molar-refractivity contribution in [3.05, 3.63) is 35.3 Å². The molecule has 0 unspecified atom stereocenters. The number of nitrogens with zero attached hydrogens (tertiary/aromatic N) is 1. The van der Waals surface area contributed by atoms with E-state index in [2.05, 4.69) is 4.72 Å². The largest absolute Gasteiger partial charge is 0.504 e. The third-order valence-electron chi connectivity index (χ3n) is 3.92. The fraction of sp³-hybridized carbons (Fsp3) is 0.118. The number of carbonyl (C=O) groups is 3. The molecule has 4 amide bonds. The number of phenols is 1. The van der Waals surface area contributed by atoms with E-state index in [9.17, 15) is 27.9 Å². The third kappa shape index (κ3) is 3.99. The maximum atomic E-state index is 12.6. The van der Waals surface area contributed by atoms with Crippen molar-refractivity contribution in [2.45, 2.75) is 9.10 Å². The van der Waals surface area contributed by atoms with Gasteiger partial charge in [0.25, 0.3) is 10.0 Å². The van der Waals surface area contributed by atoms with Gasteiger partial charge < -0.3 is 9.84 Å². The van der Waals surface area contributed by atoms with Gasteiger partial charge in [-0.15, -0.1) is 23.1 Å². The second-order valence-electron chi connectivity index (χ2n) is 5.71. The number of thioether (sulfide) groups is 1. The summed E-state index contributed by atoms with van der Waals surface area (Å²) in [7, 11) is -2.61. The quantitative estimate of drug-likeness (QED) is 0.242. The van der Waals surface area contributed by atoms with Gasteiger partial charge in [-0.3, -0.25) is 19.6 Å². The summed E-state index contributed by atoms with van der Waals surface area (Å²) in [4.78, 5) is 35.6. The molecule has 0 radical (unpaired) electrons. The van der Waals surface area contributed by atoms with E-state index in [1.165, 1.54) is 25.3 Å². The van der Waals surface area contributed by atoms with Crippen molar-refractivity contribution in [3.63, 3.8) is 0 Å². The Labute approximate surface area is 179 Å². The van der Waals surface area contributed by atoms with Crippen molar-refractivity contribution in [1.82, 2.24) is 10.2 Å². The Hall–Kier alpha value is -3.03. The smallest absolute Gasteiger partial charge is 0.335 e. The molecule has 1 aromatic heterocycles. The van der Waals surface area contributed by atoms with Crippen molar-refractivity contribution in [1.29, 1.82) is 0 Å². The summed E-state index contributed by atoms with van der Waals surface area (Å²) in [5.74, 6) is -2.53. The molecule has 0 spiro atoms. The van der Waals surface area contributed by atoms with Crippen LogP contribution in [0.2, 0.25) is 0 Å². The molecule has 3 rings (SSSR count). The van der Waals surface area contributed by atoms with Crippen LogP contribution < -0.4 is 14.8 Å². The number of carbonyl (C=O) groups excluding carboxylic acids is 3. The van der Waals surface area contributed by atoms with Crippen LogP contribution in [-0.2, 0) is 19.6 Å². The first-order chi connectivity index (χ1) is 14.2. The molecular weight excluding hydrogens is 454 g/mol. The summed E-state index contributed by atoms with van der Waals surface area (Å²) in [5.41, 5.74) is 0.212. The van der Waals surface area contributed by atoms with E-state index in [-0.39, 0.29) is 27.0 Å². The van der Waals surface area contributed by atoms with Crippen LogP contribution >= 0.6 is 23.1 Å². The van der Waals surface area contributed by atoms with Gasteiger partial charge in [-0.05, 0) is 23.8 Å². The molecule has 1 saturated heterocycles. The lowest BCUT2D eigenvalue weighted by molar-refractivity contribution is -0.139. The maximum Gasteiger partial charge on any atom is 0.335 e. The molecule has 1 fully saturated rings. The summed E-state index contributed by atoms with van der Waals surface area (Å²) in [6.45, 7) is 0. The zero-order valence-corrected chi connectivity index (χ0v) is 18.0. The van der Waals surface area contributed by atoms with Gasteiger partial charge in [0.15, 0.2) is 11.5 Å². The first-order valence-corrected chi connectivity index (χ1v) is 11.7. The fourth-order valence-electron chi connectivity index (χ4n) is 2.56. The number of hydrogen-bond acceptors (Lipinski definition) is 9. The monoisotopic (exact) mass is 469 g/mol. The molecule has 1 aliphatic rings. The number of aromatic hydroxyl groups is 1. The Bertz CT molecular complexity index is 1160. The number of urea groups is 1. The van der Waals surface area contributed by atoms with Gasteiger partial charge in [0.2, 0.25) is 0 Å². The highest BCUT2D eigenvalue weighted by atomic mass is 32.2. The van der Waals surface area contributed by atoms with Gasteiger partial charge in [0.05, 0.1) is 12.8 Å². The lowest BCUT2D eigenvalue weighted by Crippen LogP contribution is -2.25. The Balaban J connectivity index is 2.08. The Morgan fingerprint density at radius 1 is 1.33 bits per heavy atom. The van der Waals surface area contributed by atoms with Crippen LogP contribution in [0.1, 0.15) is 5.56 Å². The summed E-state index contributed by atoms with van der Waals surface area (Å²) in [6.07, 6.45) is 3.87. The van der Waals surface area contributed by atoms with E-state index in [1.807, 2.05) is 5.32 Å². The lowest BCUT2D eigenvalue weighted by Gasteiger charge is -2.17. The van der Waals surface area contributed by atoms with E-state index < -0.39 is 27.9 Å². The number of nitrogens with one attached hydrogen (secondary N) is 2. The Kier molecular flexibility index (Phi) is 6.05. The molecule has 10 nitrogen and oxygen atoms in total. The van der Waals surface area contributed by atoms with Crippen LogP contribution in [0.15, 0.2) is 38.9 Å². The average molecular weight is 470 g/mol. The molecular formula is C17H15N3O7S3. The number of methoxy groups -OCH3 is 1. The summed E-state index contributed by atoms with van der Waals surface area (Å²) < 4.78 is 33.0. The number of hydrogen-bond donors (Lipinski definition) is 3. The highest BCUT2D eigenvalue weighted by molar-refractivity contribution is 7.99. The van der Waals surface area contributed by atoms with Gasteiger partial charge in [-0.2, -0.15) is 0 Å². The average Bonchev–Trinajstić information content (AvgIpc) is 3.32. The minimum absolute atomic E-state index is 0.0374. The van der Waals surface area contributed by atoms with Crippen molar-refractivity contribution in [2.75, 3.05) is 18.1 Å². The van der Waals surface area contributed by atoms with E-state index in [1.54, 1.807) is 17.7 Å². The van der Waals surface area contributed by atoms with E-state index >= 15 is 0 Å². The number of ether oxygens (including phenoxy) is 1. The molecule has 2 heterocycles. The van der Waals surface area contributed by atoms with Crippen molar-refractivity contribution in [2.24, 2.45) is 0 Å². The normalized spacial score (nSPS) is 14.5. The van der Waals surface area contributed by atoms with E-state index in [4.69, 9.17) is 4.74 Å². The Morgan fingerprint density at radius 2 is 2.07 bits per heavy atom.